The van der Waals surface area contributed by atoms with E-state index in [2.05, 4.69) is 24.6 Å². The van der Waals surface area contributed by atoms with Gasteiger partial charge in [0.25, 0.3) is 0 Å². The highest BCUT2D eigenvalue weighted by Gasteiger charge is 2.05. The summed E-state index contributed by atoms with van der Waals surface area (Å²) < 4.78 is 10.0. The van der Waals surface area contributed by atoms with Gasteiger partial charge in [-0.25, -0.2) is 9.97 Å². The van der Waals surface area contributed by atoms with Crippen molar-refractivity contribution in [2.45, 2.75) is 6.61 Å². The van der Waals surface area contributed by atoms with Gasteiger partial charge in [-0.2, -0.15) is 4.98 Å². The molecular formula is C11H9N5O2. The lowest BCUT2D eigenvalue weighted by Crippen LogP contribution is -2.00. The third-order valence-electron chi connectivity index (χ3n) is 2.37. The van der Waals surface area contributed by atoms with Gasteiger partial charge in [0.15, 0.2) is 6.61 Å². The van der Waals surface area contributed by atoms with Gasteiger partial charge in [0, 0.05) is 17.6 Å². The largest absolute Gasteiger partial charge is 0.469 e. The third-order valence-corrected chi connectivity index (χ3v) is 2.37. The summed E-state index contributed by atoms with van der Waals surface area (Å²) in [5.41, 5.74) is 6.36. The van der Waals surface area contributed by atoms with Crippen molar-refractivity contribution in [3.63, 3.8) is 0 Å². The van der Waals surface area contributed by atoms with Crippen molar-refractivity contribution in [2.24, 2.45) is 0 Å². The molecule has 0 bridgehead atoms. The predicted octanol–water partition coefficient (Wildman–Crippen LogP) is 1.17. The molecule has 0 atom stereocenters. The smallest absolute Gasteiger partial charge is 0.214 e. The third kappa shape index (κ3) is 1.93. The van der Waals surface area contributed by atoms with Crippen LogP contribution >= 0.6 is 0 Å². The van der Waals surface area contributed by atoms with Gasteiger partial charge in [0.1, 0.15) is 11.3 Å². The molecule has 3 aromatic rings. The van der Waals surface area contributed by atoms with E-state index in [1.54, 1.807) is 12.3 Å². The zero-order chi connectivity index (χ0) is 12.4. The maximum Gasteiger partial charge on any atom is 0.214 e. The van der Waals surface area contributed by atoms with Gasteiger partial charge in [-0.05, 0) is 12.1 Å². The second kappa shape index (κ2) is 4.28. The van der Waals surface area contributed by atoms with Crippen LogP contribution in [0, 0.1) is 0 Å². The molecule has 18 heavy (non-hydrogen) atoms. The molecule has 0 radical (unpaired) electrons. The van der Waals surface area contributed by atoms with E-state index in [-0.39, 0.29) is 6.61 Å². The fourth-order valence-corrected chi connectivity index (χ4v) is 1.53. The Morgan fingerprint density at radius 3 is 3.00 bits per heavy atom. The van der Waals surface area contributed by atoms with E-state index >= 15 is 0 Å². The van der Waals surface area contributed by atoms with Crippen LogP contribution in [0.3, 0.4) is 0 Å². The lowest BCUT2D eigenvalue weighted by atomic mass is 10.2. The fourth-order valence-electron chi connectivity index (χ4n) is 1.53. The van der Waals surface area contributed by atoms with Crippen molar-refractivity contribution >= 4 is 16.7 Å². The SMILES string of the molecule is Nc1nccc2ccc(OCc3ncon3)nc12. The Hall–Kier alpha value is -2.70. The summed E-state index contributed by atoms with van der Waals surface area (Å²) in [6.07, 6.45) is 2.88. The van der Waals surface area contributed by atoms with Gasteiger partial charge >= 0.3 is 0 Å². The zero-order valence-corrected chi connectivity index (χ0v) is 9.28. The van der Waals surface area contributed by atoms with Crippen LogP contribution in [0.1, 0.15) is 5.82 Å². The number of anilines is 1. The zero-order valence-electron chi connectivity index (χ0n) is 9.28. The van der Waals surface area contributed by atoms with Crippen LogP contribution in [-0.4, -0.2) is 20.1 Å². The standard InChI is InChI=1S/C11H9N5O2/c12-11-10-7(3-4-13-11)1-2-9(15-10)17-5-8-14-6-18-16-8/h1-4,6H,5H2,(H2,12,13). The minimum Gasteiger partial charge on any atom is -0.469 e. The monoisotopic (exact) mass is 243 g/mol. The molecule has 3 aromatic heterocycles. The highest BCUT2D eigenvalue weighted by Crippen LogP contribution is 2.20. The fraction of sp³-hybridized carbons (Fsp3) is 0.0909. The van der Waals surface area contributed by atoms with Gasteiger partial charge in [0.05, 0.1) is 0 Å². The second-order valence-electron chi connectivity index (χ2n) is 3.55. The van der Waals surface area contributed by atoms with Gasteiger partial charge in [-0.1, -0.05) is 5.16 Å². The molecule has 0 saturated heterocycles. The molecule has 0 spiro atoms. The number of nitrogen functional groups attached to an aromatic ring is 1. The van der Waals surface area contributed by atoms with E-state index in [9.17, 15) is 0 Å². The van der Waals surface area contributed by atoms with E-state index in [1.165, 1.54) is 6.39 Å². The predicted molar refractivity (Wildman–Crippen MR) is 62.6 cm³/mol. The average Bonchev–Trinajstić information content (AvgIpc) is 2.90. The van der Waals surface area contributed by atoms with Crippen molar-refractivity contribution in [1.82, 2.24) is 20.1 Å². The van der Waals surface area contributed by atoms with E-state index in [1.807, 2.05) is 12.1 Å². The summed E-state index contributed by atoms with van der Waals surface area (Å²) >= 11 is 0. The van der Waals surface area contributed by atoms with E-state index in [4.69, 9.17) is 10.5 Å². The first-order valence-electron chi connectivity index (χ1n) is 5.22. The number of nitrogens with zero attached hydrogens (tertiary/aromatic N) is 4. The molecule has 0 unspecified atom stereocenters. The summed E-state index contributed by atoms with van der Waals surface area (Å²) in [4.78, 5) is 12.1. The number of hydrogen-bond acceptors (Lipinski definition) is 7. The van der Waals surface area contributed by atoms with Gasteiger partial charge in [-0.3, -0.25) is 0 Å². The van der Waals surface area contributed by atoms with Crippen LogP contribution in [0.2, 0.25) is 0 Å². The number of fused-ring (bicyclic) bond motifs is 1. The van der Waals surface area contributed by atoms with E-state index in [0.717, 1.165) is 5.39 Å². The van der Waals surface area contributed by atoms with Gasteiger partial charge in [0.2, 0.25) is 18.1 Å². The lowest BCUT2D eigenvalue weighted by molar-refractivity contribution is 0.277. The number of hydrogen-bond donors (Lipinski definition) is 1. The quantitative estimate of drug-likeness (QED) is 0.736. The minimum atomic E-state index is 0.190. The summed E-state index contributed by atoms with van der Waals surface area (Å²) in [6.45, 7) is 0.190. The average molecular weight is 243 g/mol. The molecule has 90 valence electrons. The van der Waals surface area contributed by atoms with Crippen LogP contribution in [0.25, 0.3) is 10.9 Å². The molecule has 0 aromatic carbocycles. The molecule has 0 fully saturated rings. The van der Waals surface area contributed by atoms with Crippen LogP contribution in [0.4, 0.5) is 5.82 Å². The van der Waals surface area contributed by atoms with Crippen molar-refractivity contribution in [1.29, 1.82) is 0 Å². The Morgan fingerprint density at radius 2 is 2.17 bits per heavy atom. The number of aromatic nitrogens is 4. The topological polar surface area (TPSA) is 100.0 Å². The first kappa shape index (κ1) is 10.5. The van der Waals surface area contributed by atoms with Crippen LogP contribution in [0.15, 0.2) is 35.3 Å². The highest BCUT2D eigenvalue weighted by atomic mass is 16.5. The summed E-state index contributed by atoms with van der Waals surface area (Å²) in [5, 5.41) is 4.55. The Morgan fingerprint density at radius 1 is 1.22 bits per heavy atom. The summed E-state index contributed by atoms with van der Waals surface area (Å²) in [7, 11) is 0. The van der Waals surface area contributed by atoms with Crippen LogP contribution < -0.4 is 10.5 Å². The first-order valence-corrected chi connectivity index (χ1v) is 5.22. The Labute approximate surface area is 102 Å². The molecule has 0 saturated carbocycles. The normalized spacial score (nSPS) is 10.7. The number of pyridine rings is 2. The van der Waals surface area contributed by atoms with Crippen molar-refractivity contribution < 1.29 is 9.26 Å². The number of nitrogens with two attached hydrogens (primary N) is 1. The molecule has 7 nitrogen and oxygen atoms in total. The minimum absolute atomic E-state index is 0.190. The molecule has 2 N–H and O–H groups in total. The molecule has 3 heterocycles. The first-order chi connectivity index (χ1) is 8.83. The van der Waals surface area contributed by atoms with Crippen molar-refractivity contribution in [2.75, 3.05) is 5.73 Å². The number of ether oxygens (including phenoxy) is 1. The molecule has 7 heteroatoms. The molecule has 0 amide bonds. The molecule has 0 aliphatic heterocycles. The molecule has 0 aliphatic carbocycles. The summed E-state index contributed by atoms with van der Waals surface area (Å²) in [5.74, 6) is 1.26. The van der Waals surface area contributed by atoms with E-state index < -0.39 is 0 Å². The Kier molecular flexibility index (Phi) is 2.49. The van der Waals surface area contributed by atoms with Gasteiger partial charge < -0.3 is 15.0 Å². The maximum absolute atomic E-state index is 5.75. The maximum atomic E-state index is 5.75. The molecular weight excluding hydrogens is 234 g/mol. The molecule has 3 rings (SSSR count). The van der Waals surface area contributed by atoms with Crippen molar-refractivity contribution in [3.8, 4) is 5.88 Å². The number of rotatable bonds is 3. The Balaban J connectivity index is 1.86. The Bertz CT molecular complexity index is 668. The van der Waals surface area contributed by atoms with Gasteiger partial charge in [-0.15, -0.1) is 0 Å². The molecule has 0 aliphatic rings. The second-order valence-corrected chi connectivity index (χ2v) is 3.55. The lowest BCUT2D eigenvalue weighted by Gasteiger charge is -2.04. The van der Waals surface area contributed by atoms with E-state index in [0.29, 0.717) is 23.0 Å². The van der Waals surface area contributed by atoms with Crippen LogP contribution in [-0.2, 0) is 6.61 Å². The van der Waals surface area contributed by atoms with Crippen LogP contribution in [0.5, 0.6) is 5.88 Å². The highest BCUT2D eigenvalue weighted by molar-refractivity contribution is 5.87. The van der Waals surface area contributed by atoms with Crippen molar-refractivity contribution in [3.05, 3.63) is 36.6 Å². The summed E-state index contributed by atoms with van der Waals surface area (Å²) in [6, 6.07) is 5.45.